The van der Waals surface area contributed by atoms with Gasteiger partial charge in [0, 0.05) is 22.2 Å². The fraction of sp³-hybridized carbons (Fsp3) is 0.184. The molecule has 0 amide bonds. The normalized spacial score (nSPS) is 15.1. The van der Waals surface area contributed by atoms with Crippen LogP contribution in [0.5, 0.6) is 0 Å². The molecule has 1 nitrogen and oxygen atoms in total. The van der Waals surface area contributed by atoms with Gasteiger partial charge in [-0.25, -0.2) is 0 Å². The van der Waals surface area contributed by atoms with Crippen molar-refractivity contribution in [2.75, 3.05) is 4.90 Å². The number of hydrogen-bond acceptors (Lipinski definition) is 1. The van der Waals surface area contributed by atoms with Gasteiger partial charge < -0.3 is 4.90 Å². The lowest BCUT2D eigenvalue weighted by Gasteiger charge is -2.31. The third kappa shape index (κ3) is 5.15. The summed E-state index contributed by atoms with van der Waals surface area (Å²) >= 11 is 0. The zero-order valence-corrected chi connectivity index (χ0v) is 29.1. The number of rotatable bonds is 6. The first-order valence-electron chi connectivity index (χ1n) is 18.4. The number of para-hydroxylation sites is 1. The van der Waals surface area contributed by atoms with Gasteiger partial charge in [0.15, 0.2) is 0 Å². The molecule has 7 aromatic rings. The van der Waals surface area contributed by atoms with E-state index in [1.54, 1.807) is 5.56 Å². The van der Waals surface area contributed by atoms with E-state index in [1.807, 2.05) is 0 Å². The van der Waals surface area contributed by atoms with E-state index < -0.39 is 0 Å². The Morgan fingerprint density at radius 3 is 1.86 bits per heavy atom. The van der Waals surface area contributed by atoms with Crippen LogP contribution in [-0.2, 0) is 5.41 Å². The molecule has 2 aliphatic carbocycles. The van der Waals surface area contributed by atoms with Crippen molar-refractivity contribution in [3.63, 3.8) is 0 Å². The smallest absolute Gasteiger partial charge is 0.0546 e. The van der Waals surface area contributed by atoms with Crippen LogP contribution in [0, 0.1) is 0 Å². The minimum atomic E-state index is -0.110. The number of nitrogens with zero attached hydrogens (tertiary/aromatic N) is 1. The lowest BCUT2D eigenvalue weighted by atomic mass is 9.78. The first kappa shape index (κ1) is 30.6. The summed E-state index contributed by atoms with van der Waals surface area (Å²) in [5.41, 5.74) is 15.6. The monoisotopic (exact) mass is 645 g/mol. The van der Waals surface area contributed by atoms with Crippen molar-refractivity contribution in [1.82, 2.24) is 0 Å². The fourth-order valence-corrected chi connectivity index (χ4v) is 8.90. The Morgan fingerprint density at radius 1 is 0.480 bits per heavy atom. The van der Waals surface area contributed by atoms with Crippen LogP contribution in [0.15, 0.2) is 158 Å². The van der Waals surface area contributed by atoms with Crippen LogP contribution >= 0.6 is 0 Å². The van der Waals surface area contributed by atoms with Crippen LogP contribution < -0.4 is 4.90 Å². The number of anilines is 3. The third-order valence-corrected chi connectivity index (χ3v) is 11.4. The van der Waals surface area contributed by atoms with E-state index in [-0.39, 0.29) is 5.41 Å². The van der Waals surface area contributed by atoms with Gasteiger partial charge in [0.05, 0.1) is 11.4 Å². The molecule has 0 bridgehead atoms. The van der Waals surface area contributed by atoms with Gasteiger partial charge in [0.1, 0.15) is 0 Å². The van der Waals surface area contributed by atoms with E-state index in [1.165, 1.54) is 104 Å². The molecule has 7 aromatic carbocycles. The third-order valence-electron chi connectivity index (χ3n) is 11.4. The molecule has 0 atom stereocenters. The summed E-state index contributed by atoms with van der Waals surface area (Å²) in [5, 5.41) is 2.47. The van der Waals surface area contributed by atoms with Crippen molar-refractivity contribution in [3.05, 3.63) is 174 Å². The number of fused-ring (bicyclic) bond motifs is 4. The average molecular weight is 646 g/mol. The molecule has 0 saturated heterocycles. The van der Waals surface area contributed by atoms with Gasteiger partial charge in [0.25, 0.3) is 0 Å². The Kier molecular flexibility index (Phi) is 7.65. The number of benzene rings is 7. The van der Waals surface area contributed by atoms with Crippen LogP contribution in [0.1, 0.15) is 68.6 Å². The topological polar surface area (TPSA) is 3.24 Å². The maximum Gasteiger partial charge on any atom is 0.0546 e. The first-order chi connectivity index (χ1) is 24.6. The Hall–Kier alpha value is -5.40. The Morgan fingerprint density at radius 2 is 1.12 bits per heavy atom. The van der Waals surface area contributed by atoms with Crippen molar-refractivity contribution in [1.29, 1.82) is 0 Å². The molecule has 0 heterocycles. The quantitative estimate of drug-likeness (QED) is 0.174. The Balaban J connectivity index is 1.31. The molecule has 1 fully saturated rings. The standard InChI is InChI=1S/C49H43N/c1-49(2)44-27-16-26-41(35-19-8-4-9-20-35)48(44)42-30-29-39(33-45(42)49)50(46-28-15-14-25-40(46)34-17-6-3-7-18-34)47-32-38-24-13-12-23-37(38)31-43(47)36-21-10-5-11-22-36/h3,5-7,10-18,21-33,35H,4,8-9,19-20H2,1-2H3. The van der Waals surface area contributed by atoms with Crippen molar-refractivity contribution in [2.24, 2.45) is 0 Å². The predicted octanol–water partition coefficient (Wildman–Crippen LogP) is 14.0. The van der Waals surface area contributed by atoms with Crippen molar-refractivity contribution < 1.29 is 0 Å². The summed E-state index contributed by atoms with van der Waals surface area (Å²) in [6, 6.07) is 58.6. The molecular weight excluding hydrogens is 603 g/mol. The second-order valence-corrected chi connectivity index (χ2v) is 14.8. The molecule has 2 aliphatic rings. The SMILES string of the molecule is CC1(C)c2cc(N(c3ccccc3-c3ccccc3)c3cc4ccccc4cc3-c3ccccc3)ccc2-c2c(C3CCCCC3)cccc21. The number of hydrogen-bond donors (Lipinski definition) is 0. The molecule has 9 rings (SSSR count). The second kappa shape index (κ2) is 12.5. The average Bonchev–Trinajstić information content (AvgIpc) is 3.41. The minimum Gasteiger partial charge on any atom is -0.309 e. The largest absolute Gasteiger partial charge is 0.309 e. The second-order valence-electron chi connectivity index (χ2n) is 14.8. The summed E-state index contributed by atoms with van der Waals surface area (Å²) in [6.45, 7) is 4.86. The molecule has 0 spiro atoms. The highest BCUT2D eigenvalue weighted by molar-refractivity contribution is 6.00. The van der Waals surface area contributed by atoms with Crippen molar-refractivity contribution in [2.45, 2.75) is 57.3 Å². The van der Waals surface area contributed by atoms with Crippen LogP contribution in [0.2, 0.25) is 0 Å². The van der Waals surface area contributed by atoms with Crippen LogP contribution in [0.25, 0.3) is 44.2 Å². The molecule has 0 aliphatic heterocycles. The lowest BCUT2D eigenvalue weighted by Crippen LogP contribution is -2.17. The predicted molar refractivity (Wildman–Crippen MR) is 213 cm³/mol. The maximum absolute atomic E-state index is 2.53. The lowest BCUT2D eigenvalue weighted by molar-refractivity contribution is 0.444. The van der Waals surface area contributed by atoms with E-state index in [0.717, 1.165) is 0 Å². The summed E-state index contributed by atoms with van der Waals surface area (Å²) in [4.78, 5) is 2.53. The van der Waals surface area contributed by atoms with E-state index in [2.05, 4.69) is 176 Å². The van der Waals surface area contributed by atoms with Gasteiger partial charge >= 0.3 is 0 Å². The highest BCUT2D eigenvalue weighted by Gasteiger charge is 2.38. The van der Waals surface area contributed by atoms with Crippen LogP contribution in [0.4, 0.5) is 17.1 Å². The van der Waals surface area contributed by atoms with Crippen LogP contribution in [-0.4, -0.2) is 0 Å². The van der Waals surface area contributed by atoms with Gasteiger partial charge in [-0.05, 0) is 98.8 Å². The van der Waals surface area contributed by atoms with Crippen LogP contribution in [0.3, 0.4) is 0 Å². The molecule has 0 radical (unpaired) electrons. The van der Waals surface area contributed by atoms with Gasteiger partial charge in [-0.3, -0.25) is 0 Å². The fourth-order valence-electron chi connectivity index (χ4n) is 8.90. The van der Waals surface area contributed by atoms with Gasteiger partial charge in [-0.1, -0.05) is 161 Å². The zero-order chi connectivity index (χ0) is 33.7. The first-order valence-corrected chi connectivity index (χ1v) is 18.4. The molecule has 244 valence electrons. The van der Waals surface area contributed by atoms with E-state index in [0.29, 0.717) is 5.92 Å². The molecule has 1 saturated carbocycles. The Bertz CT molecular complexity index is 2330. The van der Waals surface area contributed by atoms with Gasteiger partial charge in [-0.2, -0.15) is 0 Å². The van der Waals surface area contributed by atoms with Crippen molar-refractivity contribution >= 4 is 27.8 Å². The van der Waals surface area contributed by atoms with Gasteiger partial charge in [-0.15, -0.1) is 0 Å². The molecule has 1 heteroatoms. The molecule has 0 aromatic heterocycles. The molecule has 0 unspecified atom stereocenters. The molecular formula is C49H43N. The minimum absolute atomic E-state index is 0.110. The maximum atomic E-state index is 2.53. The molecule has 50 heavy (non-hydrogen) atoms. The van der Waals surface area contributed by atoms with E-state index >= 15 is 0 Å². The zero-order valence-electron chi connectivity index (χ0n) is 29.1. The van der Waals surface area contributed by atoms with E-state index in [4.69, 9.17) is 0 Å². The summed E-state index contributed by atoms with van der Waals surface area (Å²) in [7, 11) is 0. The van der Waals surface area contributed by atoms with Gasteiger partial charge in [0.2, 0.25) is 0 Å². The van der Waals surface area contributed by atoms with Crippen molar-refractivity contribution in [3.8, 4) is 33.4 Å². The van der Waals surface area contributed by atoms with E-state index in [9.17, 15) is 0 Å². The summed E-state index contributed by atoms with van der Waals surface area (Å²) < 4.78 is 0. The summed E-state index contributed by atoms with van der Waals surface area (Å²) in [6.07, 6.45) is 6.66. The molecule has 0 N–H and O–H groups in total. The highest BCUT2D eigenvalue weighted by atomic mass is 15.1. The highest BCUT2D eigenvalue weighted by Crippen LogP contribution is 2.55. The summed E-state index contributed by atoms with van der Waals surface area (Å²) in [5.74, 6) is 0.653. The Labute approximate surface area is 296 Å².